The van der Waals surface area contributed by atoms with E-state index < -0.39 is 0 Å². The van der Waals surface area contributed by atoms with Crippen LogP contribution in [0, 0.1) is 0 Å². The van der Waals surface area contributed by atoms with Crippen molar-refractivity contribution in [2.24, 2.45) is 0 Å². The molecule has 1 aromatic carbocycles. The minimum absolute atomic E-state index is 0.0269. The first-order valence-corrected chi connectivity index (χ1v) is 11.3. The van der Waals surface area contributed by atoms with Gasteiger partial charge in [0.2, 0.25) is 0 Å². The normalized spacial score (nSPS) is 17.4. The van der Waals surface area contributed by atoms with E-state index in [0.717, 1.165) is 31.3 Å². The second kappa shape index (κ2) is 11.0. The number of anilines is 1. The van der Waals surface area contributed by atoms with Crippen LogP contribution in [0.5, 0.6) is 0 Å². The number of pyridine rings is 1. The molecule has 0 bridgehead atoms. The number of rotatable bonds is 7. The Morgan fingerprint density at radius 2 is 1.66 bits per heavy atom. The summed E-state index contributed by atoms with van der Waals surface area (Å²) in [4.78, 5) is 33.8. The molecule has 2 aromatic rings. The summed E-state index contributed by atoms with van der Waals surface area (Å²) < 4.78 is 5.29. The summed E-state index contributed by atoms with van der Waals surface area (Å²) in [6.45, 7) is 5.36. The fraction of sp³-hybridized carbons (Fsp3) is 0.400. The summed E-state index contributed by atoms with van der Waals surface area (Å²) in [6.07, 6.45) is 7.07. The van der Waals surface area contributed by atoms with Crippen LogP contribution in [0.3, 0.4) is 0 Å². The van der Waals surface area contributed by atoms with Gasteiger partial charge < -0.3 is 15.0 Å². The van der Waals surface area contributed by atoms with Gasteiger partial charge in [0, 0.05) is 24.2 Å². The molecule has 0 atom stereocenters. The number of allylic oxidation sites excluding steroid dienone is 1. The van der Waals surface area contributed by atoms with Crippen LogP contribution in [-0.4, -0.2) is 72.5 Å². The molecule has 0 radical (unpaired) electrons. The molecule has 168 valence electrons. The van der Waals surface area contributed by atoms with Crippen LogP contribution in [0.4, 0.5) is 5.82 Å². The Balaban J connectivity index is 1.33. The minimum Gasteiger partial charge on any atom is -0.378 e. The maximum atomic E-state index is 12.6. The smallest absolute Gasteiger partial charge is 0.254 e. The van der Waals surface area contributed by atoms with E-state index in [-0.39, 0.29) is 11.7 Å². The summed E-state index contributed by atoms with van der Waals surface area (Å²) in [6, 6.07) is 12.6. The Morgan fingerprint density at radius 1 is 0.938 bits per heavy atom. The number of hydrogen-bond acceptors (Lipinski definition) is 6. The van der Waals surface area contributed by atoms with E-state index in [4.69, 9.17) is 4.74 Å². The first-order chi connectivity index (χ1) is 15.7. The molecule has 1 amide bonds. The predicted molar refractivity (Wildman–Crippen MR) is 125 cm³/mol. The van der Waals surface area contributed by atoms with Crippen LogP contribution in [-0.2, 0) is 4.74 Å². The maximum absolute atomic E-state index is 12.6. The highest BCUT2D eigenvalue weighted by Gasteiger charge is 2.18. The number of likely N-dealkylation sites (tertiary alicyclic amines) is 1. The SMILES string of the molecule is O=C(C=Cc1cccc(NCN2CCCCC2)n1)c1ccc(C(=O)N2CCOCC2)cc1. The number of nitrogens with one attached hydrogen (secondary N) is 1. The lowest BCUT2D eigenvalue weighted by molar-refractivity contribution is 0.0303. The number of amides is 1. The zero-order valence-corrected chi connectivity index (χ0v) is 18.3. The number of hydrogen-bond donors (Lipinski definition) is 1. The van der Waals surface area contributed by atoms with Crippen molar-refractivity contribution in [2.75, 3.05) is 51.4 Å². The van der Waals surface area contributed by atoms with Gasteiger partial charge >= 0.3 is 0 Å². The fourth-order valence-corrected chi connectivity index (χ4v) is 3.94. The number of benzene rings is 1. The van der Waals surface area contributed by atoms with E-state index >= 15 is 0 Å². The molecule has 3 heterocycles. The predicted octanol–water partition coefficient (Wildman–Crippen LogP) is 3.31. The molecule has 32 heavy (non-hydrogen) atoms. The Bertz CT molecular complexity index is 946. The number of aromatic nitrogens is 1. The number of ether oxygens (including phenoxy) is 1. The molecule has 7 heteroatoms. The van der Waals surface area contributed by atoms with Gasteiger partial charge in [-0.3, -0.25) is 14.5 Å². The van der Waals surface area contributed by atoms with Gasteiger partial charge in [0.25, 0.3) is 5.91 Å². The second-order valence-corrected chi connectivity index (χ2v) is 8.14. The van der Waals surface area contributed by atoms with Crippen LogP contribution in [0.1, 0.15) is 45.7 Å². The highest BCUT2D eigenvalue weighted by Crippen LogP contribution is 2.13. The first kappa shape index (κ1) is 22.2. The van der Waals surface area contributed by atoms with Crippen molar-refractivity contribution >= 4 is 23.6 Å². The van der Waals surface area contributed by atoms with Crippen LogP contribution in [0.25, 0.3) is 6.08 Å². The van der Waals surface area contributed by atoms with Crippen molar-refractivity contribution in [3.05, 3.63) is 65.4 Å². The lowest BCUT2D eigenvalue weighted by Gasteiger charge is -2.26. The van der Waals surface area contributed by atoms with Gasteiger partial charge in [-0.1, -0.05) is 24.6 Å². The van der Waals surface area contributed by atoms with Crippen molar-refractivity contribution in [2.45, 2.75) is 19.3 Å². The number of nitrogens with zero attached hydrogens (tertiary/aromatic N) is 3. The molecular weight excluding hydrogens is 404 g/mol. The largest absolute Gasteiger partial charge is 0.378 e. The van der Waals surface area contributed by atoms with Gasteiger partial charge in [-0.25, -0.2) is 4.98 Å². The third-order valence-corrected chi connectivity index (χ3v) is 5.82. The number of piperidine rings is 1. The topological polar surface area (TPSA) is 74.8 Å². The molecule has 0 aliphatic carbocycles. The van der Waals surface area contributed by atoms with Gasteiger partial charge in [0.05, 0.1) is 25.6 Å². The molecule has 4 rings (SSSR count). The van der Waals surface area contributed by atoms with E-state index in [1.807, 2.05) is 18.2 Å². The third-order valence-electron chi connectivity index (χ3n) is 5.82. The lowest BCUT2D eigenvalue weighted by atomic mass is 10.1. The van der Waals surface area contributed by atoms with Crippen molar-refractivity contribution in [1.29, 1.82) is 0 Å². The van der Waals surface area contributed by atoms with Crippen LogP contribution < -0.4 is 5.32 Å². The Hall–Kier alpha value is -3.03. The molecule has 1 N–H and O–H groups in total. The summed E-state index contributed by atoms with van der Waals surface area (Å²) >= 11 is 0. The standard InChI is InChI=1S/C25H30N4O3/c30-23(20-7-9-21(10-8-20)25(31)29-15-17-32-18-16-29)12-11-22-5-4-6-24(27-22)26-19-28-13-2-1-3-14-28/h4-12H,1-3,13-19H2,(H,26,27). The molecule has 2 saturated heterocycles. The molecule has 7 nitrogen and oxygen atoms in total. The summed E-state index contributed by atoms with van der Waals surface area (Å²) in [5.74, 6) is 0.654. The molecule has 2 aliphatic rings. The zero-order valence-electron chi connectivity index (χ0n) is 18.3. The van der Waals surface area contributed by atoms with E-state index in [1.165, 1.54) is 25.3 Å². The molecule has 0 spiro atoms. The molecule has 1 aromatic heterocycles. The van der Waals surface area contributed by atoms with Crippen molar-refractivity contribution in [1.82, 2.24) is 14.8 Å². The third kappa shape index (κ3) is 6.02. The van der Waals surface area contributed by atoms with Crippen molar-refractivity contribution in [3.63, 3.8) is 0 Å². The Kier molecular flexibility index (Phi) is 7.64. The Labute approximate surface area is 189 Å². The zero-order chi connectivity index (χ0) is 22.2. The van der Waals surface area contributed by atoms with Crippen LogP contribution >= 0.6 is 0 Å². The number of carbonyl (C=O) groups is 2. The average molecular weight is 435 g/mol. The quantitative estimate of drug-likeness (QED) is 0.532. The van der Waals surface area contributed by atoms with Crippen molar-refractivity contribution < 1.29 is 14.3 Å². The first-order valence-electron chi connectivity index (χ1n) is 11.3. The van der Waals surface area contributed by atoms with E-state index in [0.29, 0.717) is 37.4 Å². The number of ketones is 1. The molecule has 0 unspecified atom stereocenters. The molecule has 0 saturated carbocycles. The van der Waals surface area contributed by atoms with Gasteiger partial charge in [0.1, 0.15) is 5.82 Å². The van der Waals surface area contributed by atoms with Gasteiger partial charge in [-0.15, -0.1) is 0 Å². The summed E-state index contributed by atoms with van der Waals surface area (Å²) in [5.41, 5.74) is 1.85. The highest BCUT2D eigenvalue weighted by atomic mass is 16.5. The average Bonchev–Trinajstić information content (AvgIpc) is 2.87. The fourth-order valence-electron chi connectivity index (χ4n) is 3.94. The summed E-state index contributed by atoms with van der Waals surface area (Å²) in [5, 5.41) is 3.37. The number of carbonyl (C=O) groups excluding carboxylic acids is 2. The molecule has 2 fully saturated rings. The number of morpholine rings is 1. The maximum Gasteiger partial charge on any atom is 0.254 e. The Morgan fingerprint density at radius 3 is 2.41 bits per heavy atom. The van der Waals surface area contributed by atoms with Gasteiger partial charge in [-0.2, -0.15) is 0 Å². The molecular formula is C25H30N4O3. The monoisotopic (exact) mass is 434 g/mol. The minimum atomic E-state index is -0.121. The van der Waals surface area contributed by atoms with Gasteiger partial charge in [-0.05, 0) is 62.3 Å². The second-order valence-electron chi connectivity index (χ2n) is 8.14. The van der Waals surface area contributed by atoms with Crippen LogP contribution in [0.2, 0.25) is 0 Å². The summed E-state index contributed by atoms with van der Waals surface area (Å²) in [7, 11) is 0. The van der Waals surface area contributed by atoms with Crippen LogP contribution in [0.15, 0.2) is 48.5 Å². The highest BCUT2D eigenvalue weighted by molar-refractivity contribution is 6.07. The molecule has 2 aliphatic heterocycles. The van der Waals surface area contributed by atoms with E-state index in [9.17, 15) is 9.59 Å². The van der Waals surface area contributed by atoms with E-state index in [1.54, 1.807) is 35.2 Å². The van der Waals surface area contributed by atoms with Crippen molar-refractivity contribution in [3.8, 4) is 0 Å². The van der Waals surface area contributed by atoms with E-state index in [2.05, 4.69) is 15.2 Å². The van der Waals surface area contributed by atoms with Gasteiger partial charge in [0.15, 0.2) is 5.78 Å². The lowest BCUT2D eigenvalue weighted by Crippen LogP contribution is -2.40.